The maximum absolute atomic E-state index is 12.8. The summed E-state index contributed by atoms with van der Waals surface area (Å²) < 4.78 is 16.3. The number of ketones is 1. The second kappa shape index (κ2) is 8.47. The summed E-state index contributed by atoms with van der Waals surface area (Å²) in [6, 6.07) is 18.9. The number of hydrogen-bond acceptors (Lipinski definition) is 5. The monoisotopic (exact) mass is 408 g/mol. The molecule has 0 saturated carbocycles. The van der Waals surface area contributed by atoms with Gasteiger partial charge in [0.2, 0.25) is 0 Å². The van der Waals surface area contributed by atoms with Crippen molar-refractivity contribution in [2.24, 2.45) is 0 Å². The molecule has 3 aromatic carbocycles. The molecule has 29 heavy (non-hydrogen) atoms. The number of carbonyl (C=O) groups excluding carboxylic acids is 2. The van der Waals surface area contributed by atoms with Crippen molar-refractivity contribution in [1.29, 1.82) is 0 Å². The summed E-state index contributed by atoms with van der Waals surface area (Å²) in [7, 11) is 0. The summed E-state index contributed by atoms with van der Waals surface area (Å²) >= 11 is 6.15. The number of carbonyl (C=O) groups is 2. The SMILES string of the molecule is O=C(OCc1cc(Cl)cc2c1OCOC2)c1ccccc1C(=O)c1ccccc1. The first-order valence-electron chi connectivity index (χ1n) is 9.01. The molecule has 0 aromatic heterocycles. The molecule has 0 amide bonds. The zero-order valence-electron chi connectivity index (χ0n) is 15.4. The summed E-state index contributed by atoms with van der Waals surface area (Å²) in [6.07, 6.45) is 0. The Morgan fingerprint density at radius 2 is 1.69 bits per heavy atom. The Morgan fingerprint density at radius 1 is 0.966 bits per heavy atom. The molecule has 0 radical (unpaired) electrons. The van der Waals surface area contributed by atoms with Gasteiger partial charge in [0, 0.05) is 27.3 Å². The van der Waals surface area contributed by atoms with Crippen LogP contribution in [0.25, 0.3) is 0 Å². The fraction of sp³-hybridized carbons (Fsp3) is 0.130. The first kappa shape index (κ1) is 19.2. The van der Waals surface area contributed by atoms with Gasteiger partial charge in [0.1, 0.15) is 12.4 Å². The Balaban J connectivity index is 1.56. The highest BCUT2D eigenvalue weighted by Gasteiger charge is 2.21. The lowest BCUT2D eigenvalue weighted by Gasteiger charge is -2.21. The highest BCUT2D eigenvalue weighted by molar-refractivity contribution is 6.30. The van der Waals surface area contributed by atoms with Crippen LogP contribution >= 0.6 is 11.6 Å². The van der Waals surface area contributed by atoms with E-state index in [1.165, 1.54) is 0 Å². The van der Waals surface area contributed by atoms with E-state index in [0.29, 0.717) is 34.1 Å². The highest BCUT2D eigenvalue weighted by Crippen LogP contribution is 2.32. The molecule has 1 aliphatic heterocycles. The first-order chi connectivity index (χ1) is 14.1. The molecule has 0 spiro atoms. The number of hydrogen-bond donors (Lipinski definition) is 0. The Kier molecular flexibility index (Phi) is 5.60. The van der Waals surface area contributed by atoms with Crippen LogP contribution in [0.1, 0.15) is 37.4 Å². The van der Waals surface area contributed by atoms with Crippen LogP contribution in [0.15, 0.2) is 66.7 Å². The van der Waals surface area contributed by atoms with Crippen LogP contribution in [0.5, 0.6) is 5.75 Å². The number of esters is 1. The van der Waals surface area contributed by atoms with Crippen LogP contribution in [0.4, 0.5) is 0 Å². The molecule has 6 heteroatoms. The van der Waals surface area contributed by atoms with Crippen LogP contribution in [0, 0.1) is 0 Å². The average molecular weight is 409 g/mol. The molecule has 1 aliphatic rings. The molecule has 0 bridgehead atoms. The Hall–Kier alpha value is -3.15. The predicted molar refractivity (Wildman–Crippen MR) is 107 cm³/mol. The lowest BCUT2D eigenvalue weighted by atomic mass is 9.98. The summed E-state index contributed by atoms with van der Waals surface area (Å²) in [5.41, 5.74) is 2.46. The normalized spacial score (nSPS) is 12.6. The zero-order valence-corrected chi connectivity index (χ0v) is 16.1. The largest absolute Gasteiger partial charge is 0.467 e. The van der Waals surface area contributed by atoms with Gasteiger partial charge < -0.3 is 14.2 Å². The van der Waals surface area contributed by atoms with Gasteiger partial charge in [-0.15, -0.1) is 0 Å². The van der Waals surface area contributed by atoms with Gasteiger partial charge in [-0.1, -0.05) is 60.1 Å². The van der Waals surface area contributed by atoms with Crippen LogP contribution < -0.4 is 4.74 Å². The predicted octanol–water partition coefficient (Wildman–Crippen LogP) is 4.79. The molecule has 0 saturated heterocycles. The van der Waals surface area contributed by atoms with E-state index in [0.717, 1.165) is 5.56 Å². The fourth-order valence-corrected chi connectivity index (χ4v) is 3.45. The lowest BCUT2D eigenvalue weighted by molar-refractivity contribution is -0.0180. The van der Waals surface area contributed by atoms with E-state index in [4.69, 9.17) is 25.8 Å². The molecule has 0 fully saturated rings. The smallest absolute Gasteiger partial charge is 0.339 e. The van der Waals surface area contributed by atoms with Crippen LogP contribution in [-0.4, -0.2) is 18.5 Å². The zero-order chi connectivity index (χ0) is 20.2. The van der Waals surface area contributed by atoms with Crippen molar-refractivity contribution in [3.63, 3.8) is 0 Å². The molecule has 5 nitrogen and oxygen atoms in total. The van der Waals surface area contributed by atoms with Gasteiger partial charge in [0.05, 0.1) is 12.2 Å². The summed E-state index contributed by atoms with van der Waals surface area (Å²) in [4.78, 5) is 25.6. The molecule has 0 aliphatic carbocycles. The molecule has 146 valence electrons. The van der Waals surface area contributed by atoms with Crippen molar-refractivity contribution in [1.82, 2.24) is 0 Å². The van der Waals surface area contributed by atoms with Crippen molar-refractivity contribution in [3.8, 4) is 5.75 Å². The lowest BCUT2D eigenvalue weighted by Crippen LogP contribution is -2.15. The van der Waals surface area contributed by atoms with Gasteiger partial charge in [0.25, 0.3) is 0 Å². The first-order valence-corrected chi connectivity index (χ1v) is 9.39. The van der Waals surface area contributed by atoms with Gasteiger partial charge >= 0.3 is 5.97 Å². The molecule has 3 aromatic rings. The maximum atomic E-state index is 12.8. The van der Waals surface area contributed by atoms with Crippen LogP contribution in [0.3, 0.4) is 0 Å². The minimum atomic E-state index is -0.592. The molecule has 0 unspecified atom stereocenters. The van der Waals surface area contributed by atoms with Crippen molar-refractivity contribution in [2.75, 3.05) is 6.79 Å². The van der Waals surface area contributed by atoms with Crippen LogP contribution in [-0.2, 0) is 22.7 Å². The molecule has 0 N–H and O–H groups in total. The Morgan fingerprint density at radius 3 is 2.48 bits per heavy atom. The second-order valence-corrected chi connectivity index (χ2v) is 6.92. The van der Waals surface area contributed by atoms with Crippen LogP contribution in [0.2, 0.25) is 5.02 Å². The van der Waals surface area contributed by atoms with Gasteiger partial charge in [0.15, 0.2) is 12.6 Å². The Bertz CT molecular complexity index is 1060. The second-order valence-electron chi connectivity index (χ2n) is 6.48. The van der Waals surface area contributed by atoms with E-state index in [1.54, 1.807) is 60.7 Å². The Labute approximate surface area is 172 Å². The number of fused-ring (bicyclic) bond motifs is 1. The fourth-order valence-electron chi connectivity index (χ4n) is 3.19. The molecule has 0 atom stereocenters. The quantitative estimate of drug-likeness (QED) is 0.448. The number of halogens is 1. The topological polar surface area (TPSA) is 61.8 Å². The molecular formula is C23H17ClO5. The van der Waals surface area contributed by atoms with E-state index in [9.17, 15) is 9.59 Å². The van der Waals surface area contributed by atoms with E-state index < -0.39 is 5.97 Å². The third-order valence-electron chi connectivity index (χ3n) is 4.54. The summed E-state index contributed by atoms with van der Waals surface area (Å²) in [6.45, 7) is 0.477. The minimum absolute atomic E-state index is 0.0322. The number of ether oxygens (including phenoxy) is 3. The van der Waals surface area contributed by atoms with E-state index in [1.807, 2.05) is 6.07 Å². The average Bonchev–Trinajstić information content (AvgIpc) is 2.77. The van der Waals surface area contributed by atoms with Gasteiger partial charge in [-0.25, -0.2) is 4.79 Å². The van der Waals surface area contributed by atoms with E-state index >= 15 is 0 Å². The van der Waals surface area contributed by atoms with Crippen molar-refractivity contribution < 1.29 is 23.8 Å². The maximum Gasteiger partial charge on any atom is 0.339 e. The molecule has 1 heterocycles. The third-order valence-corrected chi connectivity index (χ3v) is 4.76. The highest BCUT2D eigenvalue weighted by atomic mass is 35.5. The van der Waals surface area contributed by atoms with E-state index in [-0.39, 0.29) is 24.7 Å². The summed E-state index contributed by atoms with van der Waals surface area (Å²) in [5, 5.41) is 0.503. The molecular weight excluding hydrogens is 392 g/mol. The third kappa shape index (κ3) is 4.16. The number of benzene rings is 3. The summed E-state index contributed by atoms with van der Waals surface area (Å²) in [5.74, 6) is -0.216. The van der Waals surface area contributed by atoms with Crippen molar-refractivity contribution in [2.45, 2.75) is 13.2 Å². The standard InChI is InChI=1S/C23H17ClO5/c24-18-10-16-12-27-14-29-22(16)17(11-18)13-28-23(26)20-9-5-4-8-19(20)21(25)15-6-2-1-3-7-15/h1-11H,12-14H2. The van der Waals surface area contributed by atoms with E-state index in [2.05, 4.69) is 0 Å². The van der Waals surface area contributed by atoms with Gasteiger partial charge in [-0.2, -0.15) is 0 Å². The van der Waals surface area contributed by atoms with Gasteiger partial charge in [-0.3, -0.25) is 4.79 Å². The van der Waals surface area contributed by atoms with Gasteiger partial charge in [-0.05, 0) is 18.2 Å². The minimum Gasteiger partial charge on any atom is -0.467 e. The number of rotatable bonds is 5. The molecule has 4 rings (SSSR count). The van der Waals surface area contributed by atoms with Crippen molar-refractivity contribution in [3.05, 3.63) is 99.6 Å². The van der Waals surface area contributed by atoms with Crippen molar-refractivity contribution >= 4 is 23.4 Å².